The Balaban J connectivity index is 1.48. The molecular weight excluding hydrogens is 444 g/mol. The second-order valence-electron chi connectivity index (χ2n) is 8.72. The fourth-order valence-corrected chi connectivity index (χ4v) is 4.48. The number of ether oxygens (including phenoxy) is 1. The standard InChI is InChI=1S/C28H28N2O5/c1-17(26(31)29-18(2)27(32)33)25(19-10-4-3-5-11-19)30-28(34)35-16-24-22-14-8-6-12-20(22)21-13-7-9-15-23(21)24/h3-15,17-18,24-25H,16H2,1-2H3,(H,29,31)(H,30,34)(H,32,33)/t17?,18-,25?/m0/s1. The highest BCUT2D eigenvalue weighted by Crippen LogP contribution is 2.44. The molecule has 0 bridgehead atoms. The fourth-order valence-electron chi connectivity index (χ4n) is 4.48. The smallest absolute Gasteiger partial charge is 0.407 e. The molecule has 180 valence electrons. The summed E-state index contributed by atoms with van der Waals surface area (Å²) in [5.41, 5.74) is 5.20. The van der Waals surface area contributed by atoms with E-state index in [2.05, 4.69) is 22.8 Å². The van der Waals surface area contributed by atoms with Crippen molar-refractivity contribution in [1.82, 2.24) is 10.6 Å². The molecule has 0 heterocycles. The topological polar surface area (TPSA) is 105 Å². The third-order valence-corrected chi connectivity index (χ3v) is 6.42. The summed E-state index contributed by atoms with van der Waals surface area (Å²) >= 11 is 0. The zero-order valence-electron chi connectivity index (χ0n) is 19.6. The first-order chi connectivity index (χ1) is 16.9. The lowest BCUT2D eigenvalue weighted by Gasteiger charge is -2.26. The Morgan fingerprint density at radius 3 is 1.94 bits per heavy atom. The predicted molar refractivity (Wildman–Crippen MR) is 132 cm³/mol. The van der Waals surface area contributed by atoms with Crippen LogP contribution in [0.1, 0.15) is 42.5 Å². The quantitative estimate of drug-likeness (QED) is 0.448. The van der Waals surface area contributed by atoms with Gasteiger partial charge in [-0.1, -0.05) is 85.8 Å². The fraction of sp³-hybridized carbons (Fsp3) is 0.250. The molecule has 3 N–H and O–H groups in total. The maximum absolute atomic E-state index is 12.9. The van der Waals surface area contributed by atoms with E-state index in [1.54, 1.807) is 19.1 Å². The number of carboxylic acids is 1. The van der Waals surface area contributed by atoms with Crippen LogP contribution >= 0.6 is 0 Å². The molecule has 2 amide bonds. The largest absolute Gasteiger partial charge is 0.480 e. The number of aliphatic carboxylic acids is 1. The van der Waals surface area contributed by atoms with Crippen LogP contribution in [0.25, 0.3) is 11.1 Å². The number of hydrogen-bond acceptors (Lipinski definition) is 4. The molecule has 0 saturated heterocycles. The number of rotatable bonds is 8. The molecule has 7 heteroatoms. The molecule has 0 aromatic heterocycles. The number of alkyl carbamates (subject to hydrolysis) is 1. The lowest BCUT2D eigenvalue weighted by Crippen LogP contribution is -2.45. The summed E-state index contributed by atoms with van der Waals surface area (Å²) in [6.07, 6.45) is -0.647. The van der Waals surface area contributed by atoms with Crippen molar-refractivity contribution < 1.29 is 24.2 Å². The Hall–Kier alpha value is -4.13. The third-order valence-electron chi connectivity index (χ3n) is 6.42. The van der Waals surface area contributed by atoms with Crippen LogP contribution in [0.3, 0.4) is 0 Å². The SMILES string of the molecule is CC(C(=O)N[C@@H](C)C(=O)O)C(NC(=O)OCC1c2ccccc2-c2ccccc21)c1ccccc1. The van der Waals surface area contributed by atoms with Crippen LogP contribution in [0, 0.1) is 5.92 Å². The summed E-state index contributed by atoms with van der Waals surface area (Å²) in [7, 11) is 0. The second kappa shape index (κ2) is 10.4. The third kappa shape index (κ3) is 5.19. The van der Waals surface area contributed by atoms with Gasteiger partial charge in [-0.15, -0.1) is 0 Å². The zero-order chi connectivity index (χ0) is 24.9. The van der Waals surface area contributed by atoms with Crippen molar-refractivity contribution in [2.24, 2.45) is 5.92 Å². The second-order valence-corrected chi connectivity index (χ2v) is 8.72. The van der Waals surface area contributed by atoms with Crippen molar-refractivity contribution in [2.45, 2.75) is 31.8 Å². The molecule has 0 saturated carbocycles. The van der Waals surface area contributed by atoms with Crippen LogP contribution in [0.2, 0.25) is 0 Å². The summed E-state index contributed by atoms with van der Waals surface area (Å²) < 4.78 is 5.67. The molecule has 35 heavy (non-hydrogen) atoms. The van der Waals surface area contributed by atoms with E-state index >= 15 is 0 Å². The van der Waals surface area contributed by atoms with Crippen LogP contribution in [0.5, 0.6) is 0 Å². The molecule has 0 radical (unpaired) electrons. The number of fused-ring (bicyclic) bond motifs is 3. The van der Waals surface area contributed by atoms with Gasteiger partial charge in [-0.25, -0.2) is 4.79 Å². The van der Waals surface area contributed by atoms with Gasteiger partial charge in [-0.05, 0) is 34.7 Å². The summed E-state index contributed by atoms with van der Waals surface area (Å²) in [6.45, 7) is 3.19. The van der Waals surface area contributed by atoms with Gasteiger partial charge < -0.3 is 20.5 Å². The minimum absolute atomic E-state index is 0.0829. The molecular formula is C28H28N2O5. The lowest BCUT2D eigenvalue weighted by molar-refractivity contribution is -0.142. The van der Waals surface area contributed by atoms with Crippen molar-refractivity contribution in [1.29, 1.82) is 0 Å². The number of hydrogen-bond donors (Lipinski definition) is 3. The highest BCUT2D eigenvalue weighted by Gasteiger charge is 2.31. The maximum Gasteiger partial charge on any atom is 0.407 e. The Bertz CT molecular complexity index is 1180. The van der Waals surface area contributed by atoms with Crippen LogP contribution in [0.15, 0.2) is 78.9 Å². The van der Waals surface area contributed by atoms with Crippen molar-refractivity contribution in [3.05, 3.63) is 95.6 Å². The number of amides is 2. The van der Waals surface area contributed by atoms with Gasteiger partial charge in [-0.3, -0.25) is 9.59 Å². The van der Waals surface area contributed by atoms with Gasteiger partial charge in [-0.2, -0.15) is 0 Å². The van der Waals surface area contributed by atoms with Crippen LogP contribution < -0.4 is 10.6 Å². The van der Waals surface area contributed by atoms with E-state index in [4.69, 9.17) is 9.84 Å². The van der Waals surface area contributed by atoms with E-state index in [-0.39, 0.29) is 12.5 Å². The van der Waals surface area contributed by atoms with Gasteiger partial charge in [0, 0.05) is 5.92 Å². The Labute approximate surface area is 204 Å². The minimum atomic E-state index is -1.13. The molecule has 1 aliphatic rings. The van der Waals surface area contributed by atoms with E-state index in [0.717, 1.165) is 22.3 Å². The Kier molecular flexibility index (Phi) is 7.15. The summed E-state index contributed by atoms with van der Waals surface area (Å²) in [5, 5.41) is 14.4. The monoisotopic (exact) mass is 472 g/mol. The van der Waals surface area contributed by atoms with Crippen LogP contribution in [-0.4, -0.2) is 35.7 Å². The zero-order valence-corrected chi connectivity index (χ0v) is 19.6. The number of benzene rings is 3. The number of carboxylic acid groups (broad SMARTS) is 1. The first kappa shape index (κ1) is 24.0. The average molecular weight is 473 g/mol. The molecule has 1 aliphatic carbocycles. The molecule has 3 aromatic rings. The Morgan fingerprint density at radius 1 is 0.829 bits per heavy atom. The molecule has 0 fully saturated rings. The van der Waals surface area contributed by atoms with Gasteiger partial charge in [0.25, 0.3) is 0 Å². The number of nitrogens with one attached hydrogen (secondary N) is 2. The average Bonchev–Trinajstić information content (AvgIpc) is 3.19. The van der Waals surface area contributed by atoms with E-state index in [1.165, 1.54) is 6.92 Å². The molecule has 7 nitrogen and oxygen atoms in total. The van der Waals surface area contributed by atoms with E-state index in [1.807, 2.05) is 54.6 Å². The summed E-state index contributed by atoms with van der Waals surface area (Å²) in [5.74, 6) is -2.43. The molecule has 4 rings (SSSR count). The Morgan fingerprint density at radius 2 is 1.37 bits per heavy atom. The van der Waals surface area contributed by atoms with Crippen molar-refractivity contribution in [3.8, 4) is 11.1 Å². The van der Waals surface area contributed by atoms with Crippen molar-refractivity contribution in [2.75, 3.05) is 6.61 Å². The van der Waals surface area contributed by atoms with E-state index in [9.17, 15) is 14.4 Å². The number of carbonyl (C=O) groups excluding carboxylic acids is 2. The van der Waals surface area contributed by atoms with Gasteiger partial charge >= 0.3 is 12.1 Å². The molecule has 0 spiro atoms. The van der Waals surface area contributed by atoms with Gasteiger partial charge in [0.05, 0.1) is 12.0 Å². The first-order valence-electron chi connectivity index (χ1n) is 11.6. The maximum atomic E-state index is 12.9. The van der Waals surface area contributed by atoms with E-state index in [0.29, 0.717) is 5.56 Å². The molecule has 2 unspecified atom stereocenters. The lowest BCUT2D eigenvalue weighted by atomic mass is 9.93. The van der Waals surface area contributed by atoms with Gasteiger partial charge in [0.2, 0.25) is 5.91 Å². The van der Waals surface area contributed by atoms with Crippen LogP contribution in [-0.2, 0) is 14.3 Å². The highest BCUT2D eigenvalue weighted by atomic mass is 16.5. The normalized spacial score (nSPS) is 14.7. The number of carbonyl (C=O) groups is 3. The highest BCUT2D eigenvalue weighted by molar-refractivity contribution is 5.85. The van der Waals surface area contributed by atoms with Gasteiger partial charge in [0.1, 0.15) is 12.6 Å². The predicted octanol–water partition coefficient (Wildman–Crippen LogP) is 4.49. The molecule has 3 atom stereocenters. The molecule has 3 aromatic carbocycles. The first-order valence-corrected chi connectivity index (χ1v) is 11.6. The summed E-state index contributed by atoms with van der Waals surface area (Å²) in [6, 6.07) is 23.5. The van der Waals surface area contributed by atoms with Gasteiger partial charge in [0.15, 0.2) is 0 Å². The summed E-state index contributed by atoms with van der Waals surface area (Å²) in [4.78, 5) is 36.8. The van der Waals surface area contributed by atoms with Crippen LogP contribution in [0.4, 0.5) is 4.79 Å². The van der Waals surface area contributed by atoms with E-state index < -0.39 is 36.0 Å². The molecule has 0 aliphatic heterocycles. The van der Waals surface area contributed by atoms with Crippen molar-refractivity contribution >= 4 is 18.0 Å². The van der Waals surface area contributed by atoms with Crippen molar-refractivity contribution in [3.63, 3.8) is 0 Å². The minimum Gasteiger partial charge on any atom is -0.480 e.